The third kappa shape index (κ3) is 3.34. The lowest BCUT2D eigenvalue weighted by Crippen LogP contribution is -2.46. The van der Waals surface area contributed by atoms with E-state index in [1.807, 2.05) is 0 Å². The smallest absolute Gasteiger partial charge is 0.292 e. The molecule has 0 spiro atoms. The van der Waals surface area contributed by atoms with Crippen LogP contribution in [0.15, 0.2) is 18.2 Å². The van der Waals surface area contributed by atoms with Crippen LogP contribution in [0.2, 0.25) is 0 Å². The van der Waals surface area contributed by atoms with Crippen molar-refractivity contribution in [2.24, 2.45) is 11.1 Å². The number of ether oxygens (including phenoxy) is 1. The Morgan fingerprint density at radius 2 is 2.14 bits per heavy atom. The first-order valence-corrected chi connectivity index (χ1v) is 6.98. The number of amides is 1. The topological polar surface area (TPSA) is 128 Å². The molecule has 8 nitrogen and oxygen atoms in total. The summed E-state index contributed by atoms with van der Waals surface area (Å²) in [7, 11) is 0. The highest BCUT2D eigenvalue weighted by molar-refractivity contribution is 5.82. The Bertz CT molecular complexity index is 570. The monoisotopic (exact) mass is 309 g/mol. The summed E-state index contributed by atoms with van der Waals surface area (Å²) in [5, 5.41) is 23.2. The Morgan fingerprint density at radius 1 is 1.45 bits per heavy atom. The zero-order valence-corrected chi connectivity index (χ0v) is 12.1. The number of hydrogen-bond acceptors (Lipinski definition) is 6. The number of primary amides is 1. The largest absolute Gasteiger partial charge is 0.392 e. The molecule has 0 radical (unpaired) electrons. The van der Waals surface area contributed by atoms with Gasteiger partial charge in [0.1, 0.15) is 5.69 Å². The van der Waals surface area contributed by atoms with E-state index in [0.717, 1.165) is 0 Å². The SMILES string of the molecule is NC(=O)C1(CNc2cc(CO)ccc2[N+](=O)[O-])CCOCC1. The summed E-state index contributed by atoms with van der Waals surface area (Å²) in [5.41, 5.74) is 5.44. The van der Waals surface area contributed by atoms with Gasteiger partial charge in [0.25, 0.3) is 5.69 Å². The van der Waals surface area contributed by atoms with E-state index in [9.17, 15) is 14.9 Å². The zero-order chi connectivity index (χ0) is 16.2. The van der Waals surface area contributed by atoms with Crippen molar-refractivity contribution in [3.63, 3.8) is 0 Å². The maximum absolute atomic E-state index is 11.8. The highest BCUT2D eigenvalue weighted by atomic mass is 16.6. The van der Waals surface area contributed by atoms with E-state index in [-0.39, 0.29) is 24.5 Å². The summed E-state index contributed by atoms with van der Waals surface area (Å²) < 4.78 is 5.25. The fraction of sp³-hybridized carbons (Fsp3) is 0.500. The van der Waals surface area contributed by atoms with Gasteiger partial charge < -0.3 is 20.9 Å². The summed E-state index contributed by atoms with van der Waals surface area (Å²) in [6.07, 6.45) is 0.950. The van der Waals surface area contributed by atoms with Crippen LogP contribution in [-0.2, 0) is 16.1 Å². The van der Waals surface area contributed by atoms with Gasteiger partial charge in [-0.3, -0.25) is 14.9 Å². The van der Waals surface area contributed by atoms with Crippen molar-refractivity contribution in [2.45, 2.75) is 19.4 Å². The van der Waals surface area contributed by atoms with Gasteiger partial charge in [0, 0.05) is 25.8 Å². The Hall–Kier alpha value is -2.19. The van der Waals surface area contributed by atoms with Crippen LogP contribution in [-0.4, -0.2) is 35.7 Å². The lowest BCUT2D eigenvalue weighted by atomic mass is 9.79. The van der Waals surface area contributed by atoms with E-state index in [2.05, 4.69) is 5.32 Å². The molecule has 4 N–H and O–H groups in total. The summed E-state index contributed by atoms with van der Waals surface area (Å²) in [4.78, 5) is 22.4. The van der Waals surface area contributed by atoms with Gasteiger partial charge in [0.15, 0.2) is 0 Å². The first-order chi connectivity index (χ1) is 10.5. The van der Waals surface area contributed by atoms with Gasteiger partial charge in [-0.15, -0.1) is 0 Å². The van der Waals surface area contributed by atoms with Gasteiger partial charge in [-0.2, -0.15) is 0 Å². The van der Waals surface area contributed by atoms with Crippen LogP contribution in [0.1, 0.15) is 18.4 Å². The van der Waals surface area contributed by atoms with Crippen LogP contribution >= 0.6 is 0 Å². The number of rotatable bonds is 6. The van der Waals surface area contributed by atoms with E-state index in [1.54, 1.807) is 0 Å². The van der Waals surface area contributed by atoms with Crippen molar-refractivity contribution >= 4 is 17.3 Å². The molecule has 0 unspecified atom stereocenters. The molecule has 2 rings (SSSR count). The second-order valence-corrected chi connectivity index (χ2v) is 5.38. The van der Waals surface area contributed by atoms with Crippen molar-refractivity contribution in [1.82, 2.24) is 0 Å². The van der Waals surface area contributed by atoms with Gasteiger partial charge in [-0.1, -0.05) is 0 Å². The maximum atomic E-state index is 11.8. The average molecular weight is 309 g/mol. The Morgan fingerprint density at radius 3 is 2.68 bits per heavy atom. The molecule has 0 atom stereocenters. The quantitative estimate of drug-likeness (QED) is 0.526. The molecule has 0 bridgehead atoms. The second kappa shape index (κ2) is 6.71. The van der Waals surface area contributed by atoms with Crippen LogP contribution < -0.4 is 11.1 Å². The van der Waals surface area contributed by atoms with Gasteiger partial charge in [-0.25, -0.2) is 0 Å². The summed E-state index contributed by atoms with van der Waals surface area (Å²) in [6.45, 7) is 0.843. The molecular formula is C14H19N3O5. The lowest BCUT2D eigenvalue weighted by Gasteiger charge is -2.34. The number of nitrogens with one attached hydrogen (secondary N) is 1. The number of nitrogens with zero attached hydrogens (tertiary/aromatic N) is 1. The standard InChI is InChI=1S/C14H19N3O5/c15-13(19)14(3-5-22-6-4-14)9-16-11-7-10(8-18)1-2-12(11)17(20)21/h1-2,7,16,18H,3-6,8-9H2,(H2,15,19). The van der Waals surface area contributed by atoms with E-state index < -0.39 is 16.2 Å². The third-order valence-electron chi connectivity index (χ3n) is 4.03. The molecule has 1 fully saturated rings. The molecule has 0 aromatic heterocycles. The van der Waals surface area contributed by atoms with E-state index in [1.165, 1.54) is 18.2 Å². The Kier molecular flexibility index (Phi) is 4.94. The molecule has 1 saturated heterocycles. The van der Waals surface area contributed by atoms with Crippen LogP contribution in [0.25, 0.3) is 0 Å². The normalized spacial score (nSPS) is 17.0. The van der Waals surface area contributed by atoms with E-state index >= 15 is 0 Å². The minimum atomic E-state index is -0.776. The number of nitro benzene ring substituents is 1. The van der Waals surface area contributed by atoms with E-state index in [0.29, 0.717) is 31.6 Å². The minimum Gasteiger partial charge on any atom is -0.392 e. The second-order valence-electron chi connectivity index (χ2n) is 5.38. The summed E-state index contributed by atoms with van der Waals surface area (Å²) in [5.74, 6) is -0.440. The molecule has 1 heterocycles. The highest BCUT2D eigenvalue weighted by Gasteiger charge is 2.38. The molecule has 8 heteroatoms. The molecule has 1 aromatic rings. The number of aliphatic hydroxyl groups is 1. The molecule has 1 aliphatic heterocycles. The number of nitrogens with two attached hydrogens (primary N) is 1. The van der Waals surface area contributed by atoms with Crippen LogP contribution in [0.5, 0.6) is 0 Å². The first kappa shape index (κ1) is 16.2. The van der Waals surface area contributed by atoms with Crippen molar-refractivity contribution in [3.05, 3.63) is 33.9 Å². The third-order valence-corrected chi connectivity index (χ3v) is 4.03. The van der Waals surface area contributed by atoms with Gasteiger partial charge in [0.2, 0.25) is 5.91 Å². The first-order valence-electron chi connectivity index (χ1n) is 6.98. The molecule has 1 aromatic carbocycles. The number of anilines is 1. The van der Waals surface area contributed by atoms with Gasteiger partial charge in [-0.05, 0) is 30.5 Å². The lowest BCUT2D eigenvalue weighted by molar-refractivity contribution is -0.384. The van der Waals surface area contributed by atoms with E-state index in [4.69, 9.17) is 15.6 Å². The van der Waals surface area contributed by atoms with Crippen molar-refractivity contribution in [2.75, 3.05) is 25.1 Å². The van der Waals surface area contributed by atoms with Crippen LogP contribution in [0, 0.1) is 15.5 Å². The van der Waals surface area contributed by atoms with Gasteiger partial charge in [0.05, 0.1) is 16.9 Å². The predicted octanol–water partition coefficient (Wildman–Crippen LogP) is 0.781. The summed E-state index contributed by atoms with van der Waals surface area (Å²) >= 11 is 0. The molecule has 0 aliphatic carbocycles. The molecule has 1 aliphatic rings. The number of aliphatic hydroxyl groups excluding tert-OH is 1. The minimum absolute atomic E-state index is 0.108. The van der Waals surface area contributed by atoms with Crippen LogP contribution in [0.3, 0.4) is 0 Å². The van der Waals surface area contributed by atoms with Crippen molar-refractivity contribution in [3.8, 4) is 0 Å². The number of nitro groups is 1. The van der Waals surface area contributed by atoms with Crippen LogP contribution in [0.4, 0.5) is 11.4 Å². The Labute approximate surface area is 127 Å². The number of benzene rings is 1. The summed E-state index contributed by atoms with van der Waals surface area (Å²) in [6, 6.07) is 4.32. The van der Waals surface area contributed by atoms with Crippen molar-refractivity contribution < 1.29 is 19.6 Å². The number of carbonyl (C=O) groups is 1. The average Bonchev–Trinajstić information content (AvgIpc) is 2.53. The number of hydrogen-bond donors (Lipinski definition) is 3. The number of carbonyl (C=O) groups excluding carboxylic acids is 1. The molecule has 0 saturated carbocycles. The molecule has 22 heavy (non-hydrogen) atoms. The Balaban J connectivity index is 2.22. The highest BCUT2D eigenvalue weighted by Crippen LogP contribution is 2.32. The molecule has 120 valence electrons. The molecule has 1 amide bonds. The predicted molar refractivity (Wildman–Crippen MR) is 79.2 cm³/mol. The fourth-order valence-electron chi connectivity index (χ4n) is 2.52. The van der Waals surface area contributed by atoms with Crippen molar-refractivity contribution in [1.29, 1.82) is 0 Å². The fourth-order valence-corrected chi connectivity index (χ4v) is 2.52. The van der Waals surface area contributed by atoms with Gasteiger partial charge >= 0.3 is 0 Å². The molecular weight excluding hydrogens is 290 g/mol. The maximum Gasteiger partial charge on any atom is 0.292 e. The zero-order valence-electron chi connectivity index (χ0n) is 12.1.